The highest BCUT2D eigenvalue weighted by atomic mass is 16.2. The molecule has 1 aliphatic carbocycles. The fourth-order valence-electron chi connectivity index (χ4n) is 4.69. The van der Waals surface area contributed by atoms with Gasteiger partial charge in [-0.05, 0) is 43.7 Å². The fraction of sp³-hybridized carbons (Fsp3) is 0.625. The summed E-state index contributed by atoms with van der Waals surface area (Å²) in [5.41, 5.74) is 0.973. The molecule has 1 saturated heterocycles. The van der Waals surface area contributed by atoms with Gasteiger partial charge in [-0.3, -0.25) is 14.4 Å². The Balaban J connectivity index is 1.71. The van der Waals surface area contributed by atoms with E-state index in [1.165, 1.54) is 0 Å². The van der Waals surface area contributed by atoms with Crippen molar-refractivity contribution in [3.8, 4) is 0 Å². The topological polar surface area (TPSA) is 99.3 Å². The number of piperidine rings is 1. The van der Waals surface area contributed by atoms with Gasteiger partial charge in [-0.2, -0.15) is 0 Å². The van der Waals surface area contributed by atoms with Crippen molar-refractivity contribution in [3.05, 3.63) is 35.9 Å². The molecule has 4 N–H and O–H groups in total. The van der Waals surface area contributed by atoms with E-state index in [4.69, 9.17) is 0 Å². The zero-order chi connectivity index (χ0) is 22.1. The van der Waals surface area contributed by atoms with Crippen LogP contribution in [0.4, 0.5) is 0 Å². The molecule has 0 radical (unpaired) electrons. The summed E-state index contributed by atoms with van der Waals surface area (Å²) in [5.74, 6) is -0.506. The number of hydrogen-bond acceptors (Lipinski definition) is 4. The number of carbonyl (C=O) groups is 3. The normalized spacial score (nSPS) is 21.5. The van der Waals surface area contributed by atoms with Gasteiger partial charge in [0.2, 0.25) is 17.7 Å². The van der Waals surface area contributed by atoms with Gasteiger partial charge in [0.1, 0.15) is 12.1 Å². The first kappa shape index (κ1) is 23.3. The van der Waals surface area contributed by atoms with Crippen molar-refractivity contribution in [2.24, 2.45) is 5.92 Å². The summed E-state index contributed by atoms with van der Waals surface area (Å²) in [6, 6.07) is 8.10. The molecule has 1 heterocycles. The van der Waals surface area contributed by atoms with Crippen LogP contribution in [0.3, 0.4) is 0 Å². The van der Waals surface area contributed by atoms with Crippen LogP contribution in [0, 0.1) is 5.92 Å². The van der Waals surface area contributed by atoms with E-state index in [1.54, 1.807) is 7.05 Å². The molecule has 7 heteroatoms. The maximum absolute atomic E-state index is 13.4. The Bertz CT molecular complexity index is 728. The summed E-state index contributed by atoms with van der Waals surface area (Å²) < 4.78 is 0. The quantitative estimate of drug-likeness (QED) is 0.506. The molecule has 0 bridgehead atoms. The Morgan fingerprint density at radius 1 is 0.935 bits per heavy atom. The van der Waals surface area contributed by atoms with Crippen molar-refractivity contribution < 1.29 is 14.4 Å². The third-order valence-corrected chi connectivity index (χ3v) is 6.49. The number of nitrogens with one attached hydrogen (secondary N) is 4. The van der Waals surface area contributed by atoms with Gasteiger partial charge in [-0.15, -0.1) is 0 Å². The van der Waals surface area contributed by atoms with E-state index < -0.39 is 12.1 Å². The molecule has 3 atom stereocenters. The molecule has 2 aliphatic rings. The summed E-state index contributed by atoms with van der Waals surface area (Å²) in [7, 11) is 1.57. The van der Waals surface area contributed by atoms with Gasteiger partial charge in [-0.25, -0.2) is 0 Å². The highest BCUT2D eigenvalue weighted by molar-refractivity contribution is 5.93. The van der Waals surface area contributed by atoms with Crippen molar-refractivity contribution in [3.63, 3.8) is 0 Å². The molecule has 1 aromatic rings. The first-order chi connectivity index (χ1) is 15.1. The third-order valence-electron chi connectivity index (χ3n) is 6.49. The second-order valence-electron chi connectivity index (χ2n) is 8.75. The van der Waals surface area contributed by atoms with Crippen LogP contribution in [0.15, 0.2) is 30.3 Å². The molecule has 7 nitrogen and oxygen atoms in total. The van der Waals surface area contributed by atoms with Crippen LogP contribution in [0.25, 0.3) is 0 Å². The average Bonchev–Trinajstić information content (AvgIpc) is 2.83. The Kier molecular flexibility index (Phi) is 8.88. The lowest BCUT2D eigenvalue weighted by molar-refractivity contribution is -0.134. The van der Waals surface area contributed by atoms with E-state index in [-0.39, 0.29) is 29.7 Å². The molecule has 0 unspecified atom stereocenters. The Morgan fingerprint density at radius 2 is 1.65 bits per heavy atom. The number of amides is 3. The van der Waals surface area contributed by atoms with E-state index in [0.717, 1.165) is 63.5 Å². The molecule has 170 valence electrons. The van der Waals surface area contributed by atoms with E-state index in [9.17, 15) is 14.4 Å². The lowest BCUT2D eigenvalue weighted by Gasteiger charge is -2.33. The highest BCUT2D eigenvalue weighted by Crippen LogP contribution is 2.27. The Labute approximate surface area is 185 Å². The van der Waals surface area contributed by atoms with Crippen LogP contribution >= 0.6 is 0 Å². The molecule has 3 rings (SSSR count). The van der Waals surface area contributed by atoms with Gasteiger partial charge in [0.05, 0.1) is 6.04 Å². The van der Waals surface area contributed by atoms with Gasteiger partial charge in [0.15, 0.2) is 0 Å². The Hall–Kier alpha value is -2.41. The highest BCUT2D eigenvalue weighted by Gasteiger charge is 2.34. The lowest BCUT2D eigenvalue weighted by atomic mass is 9.83. The van der Waals surface area contributed by atoms with Crippen LogP contribution in [0.2, 0.25) is 0 Å². The number of rotatable bonds is 8. The van der Waals surface area contributed by atoms with Gasteiger partial charge >= 0.3 is 0 Å². The molecule has 1 aromatic carbocycles. The number of hydrogen-bond donors (Lipinski definition) is 4. The summed E-state index contributed by atoms with van der Waals surface area (Å²) in [5, 5.41) is 11.9. The molecular formula is C24H36N4O3. The molecule has 2 fully saturated rings. The standard InChI is InChI=1S/C24H36N4O3/c1-25-22(29)20(16-17-10-4-2-5-11-17)27-24(31)21(18-12-6-3-7-13-18)28-23(30)19-14-8-9-15-26-19/h2,4-5,10-11,18-21,26H,3,6-9,12-16H2,1H3,(H,25,29)(H,27,31)(H,28,30)/t19-,20+,21+/m0/s1. The van der Waals surface area contributed by atoms with Crippen molar-refractivity contribution in [1.82, 2.24) is 21.3 Å². The molecule has 0 spiro atoms. The molecular weight excluding hydrogens is 392 g/mol. The smallest absolute Gasteiger partial charge is 0.243 e. The van der Waals surface area contributed by atoms with Gasteiger partial charge in [0.25, 0.3) is 0 Å². The molecule has 31 heavy (non-hydrogen) atoms. The predicted octanol–water partition coefficient (Wildman–Crippen LogP) is 1.67. The second-order valence-corrected chi connectivity index (χ2v) is 8.75. The minimum atomic E-state index is -0.685. The molecule has 1 saturated carbocycles. The fourth-order valence-corrected chi connectivity index (χ4v) is 4.69. The first-order valence-corrected chi connectivity index (χ1v) is 11.7. The van der Waals surface area contributed by atoms with Crippen LogP contribution in [-0.2, 0) is 20.8 Å². The SMILES string of the molecule is CNC(=O)[C@@H](Cc1ccccc1)NC(=O)[C@H](NC(=O)[C@@H]1CCCCN1)C1CCCCC1. The predicted molar refractivity (Wildman–Crippen MR) is 120 cm³/mol. The van der Waals surface area contributed by atoms with Gasteiger partial charge in [0, 0.05) is 13.5 Å². The molecule has 1 aliphatic heterocycles. The number of carbonyl (C=O) groups excluding carboxylic acids is 3. The zero-order valence-corrected chi connectivity index (χ0v) is 18.5. The maximum atomic E-state index is 13.4. The van der Waals surface area contributed by atoms with E-state index in [2.05, 4.69) is 21.3 Å². The summed E-state index contributed by atoms with van der Waals surface area (Å²) in [6.45, 7) is 0.828. The average molecular weight is 429 g/mol. The van der Waals surface area contributed by atoms with Crippen molar-refractivity contribution >= 4 is 17.7 Å². The van der Waals surface area contributed by atoms with Gasteiger partial charge in [-0.1, -0.05) is 56.0 Å². The number of benzene rings is 1. The minimum Gasteiger partial charge on any atom is -0.357 e. The van der Waals surface area contributed by atoms with Crippen molar-refractivity contribution in [2.75, 3.05) is 13.6 Å². The maximum Gasteiger partial charge on any atom is 0.243 e. The minimum absolute atomic E-state index is 0.100. The largest absolute Gasteiger partial charge is 0.357 e. The monoisotopic (exact) mass is 428 g/mol. The zero-order valence-electron chi connectivity index (χ0n) is 18.5. The second kappa shape index (κ2) is 11.8. The van der Waals surface area contributed by atoms with Crippen LogP contribution in [0.5, 0.6) is 0 Å². The number of likely N-dealkylation sites (N-methyl/N-ethyl adjacent to an activating group) is 1. The summed E-state index contributed by atoms with van der Waals surface area (Å²) in [6.07, 6.45) is 8.41. The Morgan fingerprint density at radius 3 is 2.29 bits per heavy atom. The summed E-state index contributed by atoms with van der Waals surface area (Å²) in [4.78, 5) is 38.7. The van der Waals surface area contributed by atoms with Gasteiger partial charge < -0.3 is 21.3 Å². The third kappa shape index (κ3) is 6.79. The van der Waals surface area contributed by atoms with E-state index in [0.29, 0.717) is 6.42 Å². The van der Waals surface area contributed by atoms with E-state index in [1.807, 2.05) is 30.3 Å². The molecule has 0 aromatic heterocycles. The van der Waals surface area contributed by atoms with Crippen molar-refractivity contribution in [1.29, 1.82) is 0 Å². The van der Waals surface area contributed by atoms with Crippen LogP contribution < -0.4 is 21.3 Å². The van der Waals surface area contributed by atoms with E-state index >= 15 is 0 Å². The summed E-state index contributed by atoms with van der Waals surface area (Å²) >= 11 is 0. The van der Waals surface area contributed by atoms with Crippen LogP contribution in [0.1, 0.15) is 56.9 Å². The van der Waals surface area contributed by atoms with Crippen LogP contribution in [-0.4, -0.2) is 49.4 Å². The van der Waals surface area contributed by atoms with Crippen molar-refractivity contribution in [2.45, 2.75) is 75.9 Å². The lowest BCUT2D eigenvalue weighted by Crippen LogP contribution is -2.59. The first-order valence-electron chi connectivity index (χ1n) is 11.7. The molecule has 3 amide bonds.